The summed E-state index contributed by atoms with van der Waals surface area (Å²) in [5.74, 6) is 1.49. The molecule has 7 nitrogen and oxygen atoms in total. The maximum Gasteiger partial charge on any atom is 0.266 e. The van der Waals surface area contributed by atoms with Gasteiger partial charge in [-0.05, 0) is 37.8 Å². The minimum Gasteiger partial charge on any atom is -0.351 e. The topological polar surface area (TPSA) is 79.7 Å². The first kappa shape index (κ1) is 14.6. The van der Waals surface area contributed by atoms with E-state index in [1.54, 1.807) is 17.1 Å². The molecule has 2 fully saturated rings. The first-order valence-corrected chi connectivity index (χ1v) is 8.92. The molecule has 5 rings (SSSR count). The number of anilines is 1. The molecule has 1 atom stereocenters. The lowest BCUT2D eigenvalue weighted by molar-refractivity contribution is 0.481. The van der Waals surface area contributed by atoms with E-state index in [-0.39, 0.29) is 11.6 Å². The lowest BCUT2D eigenvalue weighted by Gasteiger charge is -2.26. The highest BCUT2D eigenvalue weighted by molar-refractivity contribution is 5.87. The Balaban J connectivity index is 1.47. The molecule has 1 unspecified atom stereocenters. The van der Waals surface area contributed by atoms with Gasteiger partial charge in [-0.15, -0.1) is 0 Å². The molecule has 1 aliphatic carbocycles. The van der Waals surface area contributed by atoms with Crippen LogP contribution in [0.4, 0.5) is 5.82 Å². The van der Waals surface area contributed by atoms with Gasteiger partial charge in [0.15, 0.2) is 0 Å². The van der Waals surface area contributed by atoms with Gasteiger partial charge in [0.2, 0.25) is 0 Å². The van der Waals surface area contributed by atoms with Gasteiger partial charge in [0.1, 0.15) is 17.8 Å². The van der Waals surface area contributed by atoms with Crippen molar-refractivity contribution in [1.82, 2.24) is 24.7 Å². The summed E-state index contributed by atoms with van der Waals surface area (Å²) in [5, 5.41) is 5.65. The van der Waals surface area contributed by atoms with Gasteiger partial charge in [0, 0.05) is 24.7 Å². The third-order valence-electron chi connectivity index (χ3n) is 5.25. The zero-order valence-corrected chi connectivity index (χ0v) is 13.9. The largest absolute Gasteiger partial charge is 0.351 e. The summed E-state index contributed by atoms with van der Waals surface area (Å²) in [4.78, 5) is 26.5. The maximum absolute atomic E-state index is 12.3. The summed E-state index contributed by atoms with van der Waals surface area (Å²) >= 11 is 0. The van der Waals surface area contributed by atoms with Crippen molar-refractivity contribution in [2.75, 3.05) is 11.4 Å². The van der Waals surface area contributed by atoms with Crippen molar-refractivity contribution in [3.63, 3.8) is 0 Å². The van der Waals surface area contributed by atoms with E-state index in [2.05, 4.69) is 25.0 Å². The normalized spacial score (nSPS) is 20.5. The van der Waals surface area contributed by atoms with Gasteiger partial charge in [-0.3, -0.25) is 4.79 Å². The van der Waals surface area contributed by atoms with E-state index in [0.29, 0.717) is 12.5 Å². The first-order chi connectivity index (χ1) is 12.3. The molecule has 25 heavy (non-hydrogen) atoms. The highest BCUT2D eigenvalue weighted by atomic mass is 16.1. The SMILES string of the molecule is O=c1ccc(C2CC2)nn1CC1CCCN1c1ncnc2[nH]ccc12. The summed E-state index contributed by atoms with van der Waals surface area (Å²) in [6.45, 7) is 1.55. The lowest BCUT2D eigenvalue weighted by atomic mass is 10.2. The third-order valence-corrected chi connectivity index (χ3v) is 5.25. The second-order valence-electron chi connectivity index (χ2n) is 6.98. The Hall–Kier alpha value is -2.70. The molecule has 3 aromatic heterocycles. The van der Waals surface area contributed by atoms with Crippen molar-refractivity contribution in [1.29, 1.82) is 0 Å². The highest BCUT2D eigenvalue weighted by Gasteiger charge is 2.29. The molecule has 128 valence electrons. The van der Waals surface area contributed by atoms with Crippen LogP contribution < -0.4 is 10.5 Å². The molecule has 0 radical (unpaired) electrons. The van der Waals surface area contributed by atoms with Gasteiger partial charge in [-0.25, -0.2) is 14.6 Å². The molecular weight excluding hydrogens is 316 g/mol. The lowest BCUT2D eigenvalue weighted by Crippen LogP contribution is -2.37. The molecule has 0 spiro atoms. The third kappa shape index (κ3) is 2.59. The number of rotatable bonds is 4. The molecule has 3 aromatic rings. The van der Waals surface area contributed by atoms with Gasteiger partial charge in [0.25, 0.3) is 5.56 Å². The van der Waals surface area contributed by atoms with Crippen LogP contribution in [0.2, 0.25) is 0 Å². The number of aromatic amines is 1. The Morgan fingerprint density at radius 1 is 1.16 bits per heavy atom. The molecule has 1 N–H and O–H groups in total. The van der Waals surface area contributed by atoms with Crippen LogP contribution in [0, 0.1) is 0 Å². The minimum absolute atomic E-state index is 0.0225. The van der Waals surface area contributed by atoms with Crippen LogP contribution in [0.1, 0.15) is 37.3 Å². The zero-order chi connectivity index (χ0) is 16.8. The van der Waals surface area contributed by atoms with E-state index >= 15 is 0 Å². The molecule has 1 saturated carbocycles. The van der Waals surface area contributed by atoms with Gasteiger partial charge < -0.3 is 9.88 Å². The molecule has 0 aromatic carbocycles. The number of fused-ring (bicyclic) bond motifs is 1. The number of nitrogens with one attached hydrogen (secondary N) is 1. The zero-order valence-electron chi connectivity index (χ0n) is 13.9. The van der Waals surface area contributed by atoms with E-state index in [1.165, 1.54) is 12.8 Å². The standard InChI is InChI=1S/C18H20N6O/c25-16-6-5-15(12-3-4-12)22-24(16)10-13-2-1-9-23(13)18-14-7-8-19-17(14)20-11-21-18/h5-8,11-13H,1-4,9-10H2,(H,19,20,21). The Morgan fingerprint density at radius 3 is 2.96 bits per heavy atom. The molecule has 0 amide bonds. The van der Waals surface area contributed by atoms with Crippen LogP contribution in [0.3, 0.4) is 0 Å². The Bertz CT molecular complexity index is 973. The molecule has 7 heteroatoms. The van der Waals surface area contributed by atoms with Crippen molar-refractivity contribution < 1.29 is 0 Å². The number of aromatic nitrogens is 5. The van der Waals surface area contributed by atoms with Crippen LogP contribution in [-0.4, -0.2) is 37.3 Å². The highest BCUT2D eigenvalue weighted by Crippen LogP contribution is 2.38. The van der Waals surface area contributed by atoms with E-state index in [9.17, 15) is 4.79 Å². The predicted octanol–water partition coefficient (Wildman–Crippen LogP) is 2.06. The monoisotopic (exact) mass is 336 g/mol. The van der Waals surface area contributed by atoms with Crippen molar-refractivity contribution in [2.24, 2.45) is 0 Å². The Labute approximate surface area is 144 Å². The van der Waals surface area contributed by atoms with Crippen LogP contribution in [0.25, 0.3) is 11.0 Å². The molecule has 0 bridgehead atoms. The fourth-order valence-electron chi connectivity index (χ4n) is 3.78. The van der Waals surface area contributed by atoms with Crippen molar-refractivity contribution in [2.45, 2.75) is 44.2 Å². The van der Waals surface area contributed by atoms with Gasteiger partial charge >= 0.3 is 0 Å². The first-order valence-electron chi connectivity index (χ1n) is 8.92. The number of hydrogen-bond acceptors (Lipinski definition) is 5. The summed E-state index contributed by atoms with van der Waals surface area (Å²) in [5.41, 5.74) is 1.88. The summed E-state index contributed by atoms with van der Waals surface area (Å²) in [6, 6.07) is 5.79. The molecule has 4 heterocycles. The molecule has 1 saturated heterocycles. The van der Waals surface area contributed by atoms with Crippen molar-refractivity contribution >= 4 is 16.9 Å². The summed E-state index contributed by atoms with van der Waals surface area (Å²) in [6.07, 6.45) is 8.00. The van der Waals surface area contributed by atoms with Gasteiger partial charge in [0.05, 0.1) is 23.7 Å². The van der Waals surface area contributed by atoms with Gasteiger partial charge in [-0.1, -0.05) is 0 Å². The average Bonchev–Trinajstić information content (AvgIpc) is 3.18. The van der Waals surface area contributed by atoms with Crippen LogP contribution >= 0.6 is 0 Å². The molecular formula is C18H20N6O. The number of hydrogen-bond donors (Lipinski definition) is 1. The minimum atomic E-state index is -0.0225. The van der Waals surface area contributed by atoms with Gasteiger partial charge in [-0.2, -0.15) is 5.10 Å². The number of H-pyrrole nitrogens is 1. The van der Waals surface area contributed by atoms with Crippen LogP contribution in [-0.2, 0) is 6.54 Å². The fraction of sp³-hybridized carbons (Fsp3) is 0.444. The molecule has 2 aliphatic rings. The second kappa shape index (κ2) is 5.68. The smallest absolute Gasteiger partial charge is 0.266 e. The molecule has 1 aliphatic heterocycles. The predicted molar refractivity (Wildman–Crippen MR) is 94.7 cm³/mol. The Kier molecular flexibility index (Phi) is 3.33. The maximum atomic E-state index is 12.3. The second-order valence-corrected chi connectivity index (χ2v) is 6.98. The quantitative estimate of drug-likeness (QED) is 0.789. The number of nitrogens with zero attached hydrogens (tertiary/aromatic N) is 5. The Morgan fingerprint density at radius 2 is 2.08 bits per heavy atom. The summed E-state index contributed by atoms with van der Waals surface area (Å²) < 4.78 is 1.64. The van der Waals surface area contributed by atoms with Crippen molar-refractivity contribution in [3.8, 4) is 0 Å². The van der Waals surface area contributed by atoms with Crippen LogP contribution in [0.5, 0.6) is 0 Å². The average molecular weight is 336 g/mol. The van der Waals surface area contributed by atoms with E-state index in [4.69, 9.17) is 0 Å². The fourth-order valence-corrected chi connectivity index (χ4v) is 3.78. The van der Waals surface area contributed by atoms with E-state index in [1.807, 2.05) is 18.3 Å². The van der Waals surface area contributed by atoms with Crippen LogP contribution in [0.15, 0.2) is 35.5 Å². The van der Waals surface area contributed by atoms with E-state index in [0.717, 1.165) is 41.9 Å². The summed E-state index contributed by atoms with van der Waals surface area (Å²) in [7, 11) is 0. The van der Waals surface area contributed by atoms with Crippen molar-refractivity contribution in [3.05, 3.63) is 46.8 Å². The van der Waals surface area contributed by atoms with E-state index < -0.39 is 0 Å².